The van der Waals surface area contributed by atoms with Crippen molar-refractivity contribution in [3.05, 3.63) is 53.6 Å². The second-order valence-electron chi connectivity index (χ2n) is 6.35. The number of benzene rings is 1. The van der Waals surface area contributed by atoms with Crippen molar-refractivity contribution in [1.82, 2.24) is 9.55 Å². The van der Waals surface area contributed by atoms with Crippen LogP contribution in [-0.2, 0) is 18.9 Å². The summed E-state index contributed by atoms with van der Waals surface area (Å²) in [6.07, 6.45) is 4.76. The molecule has 0 aliphatic heterocycles. The molecule has 0 bridgehead atoms. The molecule has 1 atom stereocenters. The number of rotatable bonds is 4. The van der Waals surface area contributed by atoms with Crippen LogP contribution in [0.2, 0.25) is 0 Å². The molecule has 0 fully saturated rings. The fourth-order valence-electron chi connectivity index (χ4n) is 2.53. The zero-order valence-electron chi connectivity index (χ0n) is 12.8. The number of imidazole rings is 1. The summed E-state index contributed by atoms with van der Waals surface area (Å²) >= 11 is 0. The Morgan fingerprint density at radius 2 is 1.95 bits per heavy atom. The first kappa shape index (κ1) is 14.8. The van der Waals surface area contributed by atoms with E-state index in [1.54, 1.807) is 6.20 Å². The molecule has 1 unspecified atom stereocenters. The maximum atomic E-state index is 10.5. The summed E-state index contributed by atoms with van der Waals surface area (Å²) in [5, 5.41) is 10.5. The monoisotopic (exact) mass is 272 g/mol. The maximum Gasteiger partial charge on any atom is 0.108 e. The van der Waals surface area contributed by atoms with Gasteiger partial charge in [0, 0.05) is 25.9 Å². The summed E-state index contributed by atoms with van der Waals surface area (Å²) in [6, 6.07) is 8.17. The molecule has 1 N–H and O–H groups in total. The van der Waals surface area contributed by atoms with Gasteiger partial charge in [0.05, 0.1) is 6.10 Å². The van der Waals surface area contributed by atoms with Gasteiger partial charge in [0.2, 0.25) is 0 Å². The van der Waals surface area contributed by atoms with E-state index in [1.807, 2.05) is 36.0 Å². The van der Waals surface area contributed by atoms with Crippen molar-refractivity contribution >= 4 is 0 Å². The second-order valence-corrected chi connectivity index (χ2v) is 6.35. The van der Waals surface area contributed by atoms with Crippen LogP contribution in [0.5, 0.6) is 0 Å². The van der Waals surface area contributed by atoms with Crippen LogP contribution >= 0.6 is 0 Å². The highest BCUT2D eigenvalue weighted by Crippen LogP contribution is 2.31. The van der Waals surface area contributed by atoms with Crippen LogP contribution in [0.4, 0.5) is 0 Å². The molecular weight excluding hydrogens is 248 g/mol. The maximum absolute atomic E-state index is 10.5. The van der Waals surface area contributed by atoms with E-state index in [-0.39, 0.29) is 5.41 Å². The molecule has 1 aromatic heterocycles. The number of aryl methyl sites for hydroxylation is 2. The zero-order valence-corrected chi connectivity index (χ0v) is 12.8. The lowest BCUT2D eigenvalue weighted by molar-refractivity contribution is 0.164. The number of aliphatic hydroxyl groups is 1. The van der Waals surface area contributed by atoms with Crippen molar-refractivity contribution in [3.63, 3.8) is 0 Å². The van der Waals surface area contributed by atoms with Crippen molar-refractivity contribution in [2.24, 2.45) is 7.05 Å². The van der Waals surface area contributed by atoms with Crippen molar-refractivity contribution in [2.45, 2.75) is 45.1 Å². The highest BCUT2D eigenvalue weighted by atomic mass is 16.3. The minimum Gasteiger partial charge on any atom is -0.388 e. The number of aliphatic hydroxyl groups excluding tert-OH is 1. The molecule has 1 aromatic carbocycles. The fourth-order valence-corrected chi connectivity index (χ4v) is 2.53. The molecule has 0 aliphatic carbocycles. The summed E-state index contributed by atoms with van der Waals surface area (Å²) < 4.78 is 2.00. The Morgan fingerprint density at radius 1 is 1.25 bits per heavy atom. The fraction of sp³-hybridized carbons (Fsp3) is 0.471. The number of hydrogen-bond acceptors (Lipinski definition) is 2. The van der Waals surface area contributed by atoms with Crippen LogP contribution < -0.4 is 0 Å². The molecule has 0 saturated carbocycles. The minimum atomic E-state index is -0.442. The van der Waals surface area contributed by atoms with Gasteiger partial charge in [-0.2, -0.15) is 0 Å². The van der Waals surface area contributed by atoms with Crippen molar-refractivity contribution < 1.29 is 5.11 Å². The lowest BCUT2D eigenvalue weighted by atomic mass is 9.82. The van der Waals surface area contributed by atoms with Crippen LogP contribution in [0, 0.1) is 0 Å². The average molecular weight is 272 g/mol. The molecule has 0 aliphatic rings. The Labute approximate surface area is 121 Å². The topological polar surface area (TPSA) is 38.0 Å². The van der Waals surface area contributed by atoms with Crippen LogP contribution in [-0.4, -0.2) is 14.7 Å². The second kappa shape index (κ2) is 5.80. The van der Waals surface area contributed by atoms with E-state index < -0.39 is 6.10 Å². The number of aromatic nitrogens is 2. The summed E-state index contributed by atoms with van der Waals surface area (Å²) in [6.45, 7) is 6.53. The third-order valence-corrected chi connectivity index (χ3v) is 3.69. The summed E-state index contributed by atoms with van der Waals surface area (Å²) in [5.41, 5.74) is 2.29. The molecule has 0 radical (unpaired) electrons. The van der Waals surface area contributed by atoms with Gasteiger partial charge in [0.15, 0.2) is 0 Å². The van der Waals surface area contributed by atoms with E-state index in [9.17, 15) is 5.11 Å². The minimum absolute atomic E-state index is 0.0425. The van der Waals surface area contributed by atoms with Crippen LogP contribution in [0.1, 0.15) is 50.2 Å². The average Bonchev–Trinajstić information content (AvgIpc) is 2.80. The SMILES string of the molecule is Cn1ccnc1CCC(O)c1ccccc1C(C)(C)C. The lowest BCUT2D eigenvalue weighted by Crippen LogP contribution is -2.16. The van der Waals surface area contributed by atoms with Gasteiger partial charge in [-0.25, -0.2) is 4.98 Å². The third-order valence-electron chi connectivity index (χ3n) is 3.69. The van der Waals surface area contributed by atoms with E-state index in [1.165, 1.54) is 5.56 Å². The molecule has 3 nitrogen and oxygen atoms in total. The summed E-state index contributed by atoms with van der Waals surface area (Å²) in [5.74, 6) is 1.01. The Bertz CT molecular complexity index is 566. The largest absolute Gasteiger partial charge is 0.388 e. The summed E-state index contributed by atoms with van der Waals surface area (Å²) in [4.78, 5) is 4.30. The normalized spacial score (nSPS) is 13.4. The highest BCUT2D eigenvalue weighted by molar-refractivity contribution is 5.34. The molecule has 2 aromatic rings. The zero-order chi connectivity index (χ0) is 14.8. The molecule has 0 spiro atoms. The number of hydrogen-bond donors (Lipinski definition) is 1. The van der Waals surface area contributed by atoms with Crippen molar-refractivity contribution in [3.8, 4) is 0 Å². The molecular formula is C17H24N2O. The van der Waals surface area contributed by atoms with E-state index in [4.69, 9.17) is 0 Å². The van der Waals surface area contributed by atoms with Gasteiger partial charge in [-0.1, -0.05) is 45.0 Å². The standard InChI is InChI=1S/C17H24N2O/c1-17(2,3)14-8-6-5-7-13(14)15(20)9-10-16-18-11-12-19(16)4/h5-8,11-12,15,20H,9-10H2,1-4H3. The van der Waals surface area contributed by atoms with Gasteiger partial charge in [-0.3, -0.25) is 0 Å². The van der Waals surface area contributed by atoms with E-state index >= 15 is 0 Å². The summed E-state index contributed by atoms with van der Waals surface area (Å²) in [7, 11) is 1.98. The Morgan fingerprint density at radius 3 is 2.55 bits per heavy atom. The molecule has 3 heteroatoms. The van der Waals surface area contributed by atoms with Gasteiger partial charge >= 0.3 is 0 Å². The highest BCUT2D eigenvalue weighted by Gasteiger charge is 2.21. The van der Waals surface area contributed by atoms with Crippen molar-refractivity contribution in [1.29, 1.82) is 0 Å². The lowest BCUT2D eigenvalue weighted by Gasteiger charge is -2.25. The van der Waals surface area contributed by atoms with E-state index in [0.29, 0.717) is 6.42 Å². The van der Waals surface area contributed by atoms with E-state index in [2.05, 4.69) is 31.8 Å². The quantitative estimate of drug-likeness (QED) is 0.926. The van der Waals surface area contributed by atoms with Gasteiger partial charge in [-0.05, 0) is 23.0 Å². The smallest absolute Gasteiger partial charge is 0.108 e. The van der Waals surface area contributed by atoms with Gasteiger partial charge in [0.1, 0.15) is 5.82 Å². The third kappa shape index (κ3) is 3.28. The van der Waals surface area contributed by atoms with Crippen LogP contribution in [0.15, 0.2) is 36.7 Å². The van der Waals surface area contributed by atoms with Gasteiger partial charge < -0.3 is 9.67 Å². The first-order valence-corrected chi connectivity index (χ1v) is 7.13. The molecule has 0 amide bonds. The van der Waals surface area contributed by atoms with Crippen LogP contribution in [0.3, 0.4) is 0 Å². The van der Waals surface area contributed by atoms with E-state index in [0.717, 1.165) is 17.8 Å². The molecule has 2 rings (SSSR count). The Kier molecular flexibility index (Phi) is 4.29. The Balaban J connectivity index is 2.14. The predicted octanol–water partition coefficient (Wildman–Crippen LogP) is 3.38. The molecule has 20 heavy (non-hydrogen) atoms. The van der Waals surface area contributed by atoms with Gasteiger partial charge in [-0.15, -0.1) is 0 Å². The first-order valence-electron chi connectivity index (χ1n) is 7.13. The van der Waals surface area contributed by atoms with Crippen molar-refractivity contribution in [2.75, 3.05) is 0 Å². The molecule has 0 saturated heterocycles. The molecule has 1 heterocycles. The molecule has 108 valence electrons. The first-order chi connectivity index (χ1) is 9.39. The van der Waals surface area contributed by atoms with Gasteiger partial charge in [0.25, 0.3) is 0 Å². The predicted molar refractivity (Wildman–Crippen MR) is 81.6 cm³/mol. The van der Waals surface area contributed by atoms with Crippen LogP contribution in [0.25, 0.3) is 0 Å². The number of nitrogens with zero attached hydrogens (tertiary/aromatic N) is 2. The Hall–Kier alpha value is -1.61.